The Morgan fingerprint density at radius 3 is 2.44 bits per heavy atom. The smallest absolute Gasteiger partial charge is 0.414 e. The number of carbonyl (C=O) groups is 2. The Balaban J connectivity index is 1.20. The molecule has 1 saturated heterocycles. The van der Waals surface area contributed by atoms with E-state index in [1.807, 2.05) is 57.2 Å². The van der Waals surface area contributed by atoms with Gasteiger partial charge < -0.3 is 19.5 Å². The minimum absolute atomic E-state index is 0.0839. The summed E-state index contributed by atoms with van der Waals surface area (Å²) in [7, 11) is 0. The number of anilines is 2. The van der Waals surface area contributed by atoms with Crippen molar-refractivity contribution in [2.75, 3.05) is 29.4 Å². The number of fused-ring (bicyclic) bond motifs is 1. The Kier molecular flexibility index (Phi) is 8.15. The van der Waals surface area contributed by atoms with Gasteiger partial charge in [-0.3, -0.25) is 4.90 Å². The number of hydrogen-bond acceptors (Lipinski definition) is 7. The predicted molar refractivity (Wildman–Crippen MR) is 157 cm³/mol. The Labute approximate surface area is 241 Å². The summed E-state index contributed by atoms with van der Waals surface area (Å²) in [5.74, 6) is 0.0175. The molecule has 0 saturated carbocycles. The first-order chi connectivity index (χ1) is 19.6. The zero-order valence-electron chi connectivity index (χ0n) is 24.2. The molecule has 0 radical (unpaired) electrons. The fourth-order valence-corrected chi connectivity index (χ4v) is 5.50. The number of nitrogens with zero attached hydrogens (tertiary/aromatic N) is 4. The lowest BCUT2D eigenvalue weighted by Gasteiger charge is -2.34. The molecule has 3 heterocycles. The van der Waals surface area contributed by atoms with Gasteiger partial charge in [0.1, 0.15) is 18.0 Å². The number of ether oxygens (including phenoxy) is 2. The van der Waals surface area contributed by atoms with Crippen molar-refractivity contribution in [1.82, 2.24) is 9.97 Å². The van der Waals surface area contributed by atoms with E-state index in [-0.39, 0.29) is 24.1 Å². The normalized spacial score (nSPS) is 15.5. The molecule has 1 aromatic heterocycles. The van der Waals surface area contributed by atoms with Crippen LogP contribution in [0, 0.1) is 12.8 Å². The van der Waals surface area contributed by atoms with E-state index in [0.29, 0.717) is 30.4 Å². The van der Waals surface area contributed by atoms with Crippen LogP contribution < -0.4 is 14.5 Å². The Morgan fingerprint density at radius 1 is 1.02 bits per heavy atom. The first-order valence-electron chi connectivity index (χ1n) is 14.2. The van der Waals surface area contributed by atoms with Gasteiger partial charge in [0.2, 0.25) is 0 Å². The van der Waals surface area contributed by atoms with Crippen LogP contribution in [0.15, 0.2) is 48.5 Å². The zero-order chi connectivity index (χ0) is 29.1. The van der Waals surface area contributed by atoms with E-state index in [1.165, 1.54) is 0 Å². The lowest BCUT2D eigenvalue weighted by atomic mass is 9.92. The third-order valence-corrected chi connectivity index (χ3v) is 7.53. The monoisotopic (exact) mass is 558 g/mol. The van der Waals surface area contributed by atoms with Crippen molar-refractivity contribution in [3.05, 3.63) is 76.9 Å². The molecule has 9 heteroatoms. The molecular formula is C32H38N4O5. The second-order valence-electron chi connectivity index (χ2n) is 11.8. The lowest BCUT2D eigenvalue weighted by molar-refractivity contribution is 0.0583. The molecule has 1 amide bonds. The number of aromatic carboxylic acids is 1. The number of rotatable bonds is 7. The molecule has 0 bridgehead atoms. The summed E-state index contributed by atoms with van der Waals surface area (Å²) in [6, 6.07) is 15.9. The third kappa shape index (κ3) is 6.78. The second kappa shape index (κ2) is 11.8. The second-order valence-corrected chi connectivity index (χ2v) is 11.8. The van der Waals surface area contributed by atoms with Crippen LogP contribution in [0.5, 0.6) is 5.75 Å². The van der Waals surface area contributed by atoms with Crippen molar-refractivity contribution >= 4 is 23.4 Å². The van der Waals surface area contributed by atoms with Crippen LogP contribution in [-0.2, 0) is 24.2 Å². The van der Waals surface area contributed by atoms with Gasteiger partial charge in [-0.15, -0.1) is 0 Å². The number of hydrogen-bond donors (Lipinski definition) is 1. The van der Waals surface area contributed by atoms with E-state index in [2.05, 4.69) is 27.0 Å². The summed E-state index contributed by atoms with van der Waals surface area (Å²) in [5.41, 5.74) is 4.13. The van der Waals surface area contributed by atoms with Gasteiger partial charge in [-0.2, -0.15) is 0 Å². The average molecular weight is 559 g/mol. The molecular weight excluding hydrogens is 520 g/mol. The number of benzene rings is 2. The van der Waals surface area contributed by atoms with Gasteiger partial charge in [0.15, 0.2) is 11.4 Å². The van der Waals surface area contributed by atoms with Gasteiger partial charge in [0.05, 0.1) is 11.4 Å². The largest absolute Gasteiger partial charge is 0.484 e. The number of carboxylic acid groups (broad SMARTS) is 1. The van der Waals surface area contributed by atoms with Crippen molar-refractivity contribution < 1.29 is 24.2 Å². The molecule has 0 unspecified atom stereocenters. The van der Waals surface area contributed by atoms with Crippen molar-refractivity contribution in [2.24, 2.45) is 5.92 Å². The first-order valence-corrected chi connectivity index (χ1v) is 14.2. The highest BCUT2D eigenvalue weighted by atomic mass is 16.6. The number of carbonyl (C=O) groups excluding carboxylic acids is 1. The summed E-state index contributed by atoms with van der Waals surface area (Å²) in [6.07, 6.45) is 3.05. The van der Waals surface area contributed by atoms with Crippen LogP contribution in [-0.4, -0.2) is 52.4 Å². The molecule has 0 spiro atoms. The minimum atomic E-state index is -1.11. The highest BCUT2D eigenvalue weighted by Gasteiger charge is 2.30. The molecule has 2 aromatic carbocycles. The average Bonchev–Trinajstić information content (AvgIpc) is 3.36. The quantitative estimate of drug-likeness (QED) is 0.387. The van der Waals surface area contributed by atoms with Crippen LogP contribution in [0.2, 0.25) is 0 Å². The van der Waals surface area contributed by atoms with Gasteiger partial charge in [-0.05, 0) is 82.2 Å². The van der Waals surface area contributed by atoms with Gasteiger partial charge in [0, 0.05) is 31.7 Å². The molecule has 216 valence electrons. The highest BCUT2D eigenvalue weighted by molar-refractivity contribution is 5.91. The summed E-state index contributed by atoms with van der Waals surface area (Å²) in [6.45, 7) is 10.1. The first kappa shape index (κ1) is 28.4. The van der Waals surface area contributed by atoms with Crippen molar-refractivity contribution in [3.8, 4) is 5.75 Å². The van der Waals surface area contributed by atoms with Gasteiger partial charge in [-0.1, -0.05) is 30.3 Å². The van der Waals surface area contributed by atoms with E-state index in [9.17, 15) is 14.7 Å². The maximum atomic E-state index is 12.6. The van der Waals surface area contributed by atoms with Gasteiger partial charge in [-0.25, -0.2) is 19.6 Å². The standard InChI is InChI=1S/C32H38N4O5/c1-21-29(40-20-23-8-6-5-7-9-23)28(30(37)38)34-27(33-21)18-22-12-15-35(16-13-22)25-10-11-26-24(19-25)14-17-36(26)31(39)41-32(2,3)4/h5-11,19,22H,12-18,20H2,1-4H3,(H,37,38). The van der Waals surface area contributed by atoms with Crippen LogP contribution >= 0.6 is 0 Å². The molecule has 1 N–H and O–H groups in total. The summed E-state index contributed by atoms with van der Waals surface area (Å²) in [4.78, 5) is 37.8. The van der Waals surface area contributed by atoms with Crippen LogP contribution in [0.25, 0.3) is 0 Å². The number of piperidine rings is 1. The summed E-state index contributed by atoms with van der Waals surface area (Å²) < 4.78 is 11.4. The van der Waals surface area contributed by atoms with Crippen LogP contribution in [0.4, 0.5) is 16.2 Å². The van der Waals surface area contributed by atoms with Gasteiger partial charge in [0.25, 0.3) is 0 Å². The predicted octanol–water partition coefficient (Wildman–Crippen LogP) is 5.82. The van der Waals surface area contributed by atoms with Gasteiger partial charge >= 0.3 is 12.1 Å². The van der Waals surface area contributed by atoms with Crippen molar-refractivity contribution in [2.45, 2.75) is 65.6 Å². The van der Waals surface area contributed by atoms with Crippen LogP contribution in [0.1, 0.15) is 66.7 Å². The molecule has 2 aliphatic heterocycles. The van der Waals surface area contributed by atoms with E-state index in [4.69, 9.17) is 9.47 Å². The third-order valence-electron chi connectivity index (χ3n) is 7.53. The minimum Gasteiger partial charge on any atom is -0.484 e. The molecule has 0 atom stereocenters. The molecule has 9 nitrogen and oxygen atoms in total. The summed E-state index contributed by atoms with van der Waals surface area (Å²) >= 11 is 0. The maximum absolute atomic E-state index is 12.6. The topological polar surface area (TPSA) is 105 Å². The Morgan fingerprint density at radius 2 is 1.76 bits per heavy atom. The number of amides is 1. The van der Waals surface area contributed by atoms with E-state index in [1.54, 1.807) is 11.8 Å². The highest BCUT2D eigenvalue weighted by Crippen LogP contribution is 2.34. The van der Waals surface area contributed by atoms with E-state index < -0.39 is 11.6 Å². The number of aryl methyl sites for hydroxylation is 1. The molecule has 2 aliphatic rings. The fraction of sp³-hybridized carbons (Fsp3) is 0.438. The number of aromatic nitrogens is 2. The van der Waals surface area contributed by atoms with Crippen molar-refractivity contribution in [1.29, 1.82) is 0 Å². The Bertz CT molecular complexity index is 1410. The van der Waals surface area contributed by atoms with E-state index in [0.717, 1.165) is 54.9 Å². The maximum Gasteiger partial charge on any atom is 0.414 e. The molecule has 5 rings (SSSR count). The Hall–Kier alpha value is -4.14. The van der Waals surface area contributed by atoms with Crippen molar-refractivity contribution in [3.63, 3.8) is 0 Å². The molecule has 0 aliphatic carbocycles. The fourth-order valence-electron chi connectivity index (χ4n) is 5.50. The zero-order valence-corrected chi connectivity index (χ0v) is 24.2. The lowest BCUT2D eigenvalue weighted by Crippen LogP contribution is -2.36. The molecule has 41 heavy (non-hydrogen) atoms. The number of carboxylic acids is 1. The SMILES string of the molecule is Cc1nc(CC2CCN(c3ccc4c(c3)CCN4C(=O)OC(C)(C)C)CC2)nc(C(=O)O)c1OCc1ccccc1. The molecule has 3 aromatic rings. The van der Waals surface area contributed by atoms with Crippen LogP contribution in [0.3, 0.4) is 0 Å². The summed E-state index contributed by atoms with van der Waals surface area (Å²) in [5, 5.41) is 9.84. The van der Waals surface area contributed by atoms with E-state index >= 15 is 0 Å². The molecule has 1 fully saturated rings.